The van der Waals surface area contributed by atoms with Crippen LogP contribution in [0.25, 0.3) is 10.9 Å². The minimum atomic E-state index is 0.227. The molecule has 4 aromatic rings. The zero-order valence-corrected chi connectivity index (χ0v) is 17.2. The summed E-state index contributed by atoms with van der Waals surface area (Å²) in [5, 5.41) is 16.1. The van der Waals surface area contributed by atoms with Gasteiger partial charge < -0.3 is 19.9 Å². The van der Waals surface area contributed by atoms with E-state index >= 15 is 0 Å². The molecule has 6 nitrogen and oxygen atoms in total. The third kappa shape index (κ3) is 4.09. The number of thiophene rings is 1. The second-order valence-corrected chi connectivity index (χ2v) is 7.84. The van der Waals surface area contributed by atoms with E-state index in [1.807, 2.05) is 31.2 Å². The van der Waals surface area contributed by atoms with E-state index in [1.165, 1.54) is 11.2 Å². The maximum absolute atomic E-state index is 9.96. The van der Waals surface area contributed by atoms with Crippen molar-refractivity contribution in [1.82, 2.24) is 9.97 Å². The molecule has 0 amide bonds. The minimum absolute atomic E-state index is 0.227. The molecule has 29 heavy (non-hydrogen) atoms. The Morgan fingerprint density at radius 1 is 1.07 bits per heavy atom. The van der Waals surface area contributed by atoms with Crippen LogP contribution >= 0.6 is 11.3 Å². The lowest BCUT2D eigenvalue weighted by molar-refractivity contribution is 0.285. The van der Waals surface area contributed by atoms with Crippen molar-refractivity contribution in [2.24, 2.45) is 0 Å². The first kappa shape index (κ1) is 19.0. The van der Waals surface area contributed by atoms with Gasteiger partial charge in [-0.25, -0.2) is 9.97 Å². The first-order chi connectivity index (χ1) is 14.0. The van der Waals surface area contributed by atoms with Crippen molar-refractivity contribution in [3.8, 4) is 17.2 Å². The van der Waals surface area contributed by atoms with Crippen molar-refractivity contribution in [2.45, 2.75) is 20.5 Å². The van der Waals surface area contributed by atoms with Crippen LogP contribution in [-0.2, 0) is 6.61 Å². The van der Waals surface area contributed by atoms with Gasteiger partial charge in [-0.15, -0.1) is 11.3 Å². The molecular weight excluding hydrogens is 386 g/mol. The SMILES string of the molecule is COc1cc2c(Nc3ccc(C)c(O)c3)ncnc2cc1OCc1csc(C)c1. The highest BCUT2D eigenvalue weighted by Gasteiger charge is 2.13. The van der Waals surface area contributed by atoms with E-state index in [4.69, 9.17) is 9.47 Å². The second kappa shape index (κ2) is 7.97. The van der Waals surface area contributed by atoms with Gasteiger partial charge in [0.2, 0.25) is 0 Å². The number of hydrogen-bond acceptors (Lipinski definition) is 7. The molecule has 0 bridgehead atoms. The molecule has 0 saturated heterocycles. The minimum Gasteiger partial charge on any atom is -0.508 e. The van der Waals surface area contributed by atoms with Crippen LogP contribution in [0, 0.1) is 13.8 Å². The quantitative estimate of drug-likeness (QED) is 0.449. The lowest BCUT2D eigenvalue weighted by Gasteiger charge is -2.14. The Balaban J connectivity index is 1.66. The highest BCUT2D eigenvalue weighted by Crippen LogP contribution is 2.35. The molecule has 0 saturated carbocycles. The van der Waals surface area contributed by atoms with E-state index < -0.39 is 0 Å². The first-order valence-electron chi connectivity index (χ1n) is 9.09. The van der Waals surface area contributed by atoms with E-state index in [0.717, 1.165) is 27.7 Å². The van der Waals surface area contributed by atoms with Crippen LogP contribution < -0.4 is 14.8 Å². The Labute approximate surface area is 172 Å². The van der Waals surface area contributed by atoms with Gasteiger partial charge in [0.15, 0.2) is 11.5 Å². The Morgan fingerprint density at radius 2 is 1.93 bits per heavy atom. The lowest BCUT2D eigenvalue weighted by atomic mass is 10.2. The van der Waals surface area contributed by atoms with Crippen LogP contribution in [0.5, 0.6) is 17.2 Å². The fourth-order valence-electron chi connectivity index (χ4n) is 2.99. The summed E-state index contributed by atoms with van der Waals surface area (Å²) in [4.78, 5) is 9.98. The van der Waals surface area contributed by atoms with Crippen molar-refractivity contribution >= 4 is 33.7 Å². The molecule has 0 aliphatic rings. The van der Waals surface area contributed by atoms with Crippen molar-refractivity contribution in [2.75, 3.05) is 12.4 Å². The lowest BCUT2D eigenvalue weighted by Crippen LogP contribution is -2.00. The Kier molecular flexibility index (Phi) is 5.22. The number of anilines is 2. The van der Waals surface area contributed by atoms with E-state index in [1.54, 1.807) is 24.5 Å². The summed E-state index contributed by atoms with van der Waals surface area (Å²) in [7, 11) is 1.61. The number of phenolic OH excluding ortho intramolecular Hbond substituents is 1. The summed E-state index contributed by atoms with van der Waals surface area (Å²) in [6.07, 6.45) is 1.50. The number of nitrogens with zero attached hydrogens (tertiary/aromatic N) is 2. The van der Waals surface area contributed by atoms with Crippen LogP contribution in [0.1, 0.15) is 16.0 Å². The fourth-order valence-corrected chi connectivity index (χ4v) is 3.69. The number of aromatic hydroxyl groups is 1. The van der Waals surface area contributed by atoms with E-state index in [2.05, 4.69) is 33.7 Å². The average Bonchev–Trinajstić information content (AvgIpc) is 3.14. The summed E-state index contributed by atoms with van der Waals surface area (Å²) in [6.45, 7) is 4.39. The number of ether oxygens (including phenoxy) is 2. The topological polar surface area (TPSA) is 76.5 Å². The van der Waals surface area contributed by atoms with Crippen LogP contribution in [-0.4, -0.2) is 22.2 Å². The van der Waals surface area contributed by atoms with Gasteiger partial charge in [0.25, 0.3) is 0 Å². The molecule has 2 N–H and O–H groups in total. The maximum Gasteiger partial charge on any atom is 0.163 e. The highest BCUT2D eigenvalue weighted by molar-refractivity contribution is 7.10. The van der Waals surface area contributed by atoms with Crippen molar-refractivity contribution in [3.63, 3.8) is 0 Å². The van der Waals surface area contributed by atoms with Gasteiger partial charge in [0, 0.05) is 33.6 Å². The highest BCUT2D eigenvalue weighted by atomic mass is 32.1. The number of methoxy groups -OCH3 is 1. The molecule has 0 aliphatic carbocycles. The number of nitrogens with one attached hydrogen (secondary N) is 1. The number of fused-ring (bicyclic) bond motifs is 1. The Bertz CT molecular complexity index is 1170. The predicted octanol–water partition coefficient (Wildman–Crippen LogP) is 5.34. The standard InChI is InChI=1S/C22H21N3O3S/c1-13-4-5-16(7-19(13)26)25-22-17-8-20(27-3)21(9-18(17)23-12-24-22)28-10-15-6-14(2)29-11-15/h4-9,11-12,26H,10H2,1-3H3,(H,23,24,25). The number of rotatable bonds is 6. The summed E-state index contributed by atoms with van der Waals surface area (Å²) in [5.41, 5.74) is 3.41. The number of aromatic nitrogens is 2. The van der Waals surface area contributed by atoms with E-state index in [9.17, 15) is 5.11 Å². The monoisotopic (exact) mass is 407 g/mol. The molecule has 2 heterocycles. The van der Waals surface area contributed by atoms with Crippen LogP contribution in [0.4, 0.5) is 11.5 Å². The Hall–Kier alpha value is -3.32. The summed E-state index contributed by atoms with van der Waals surface area (Å²) < 4.78 is 11.5. The molecule has 2 aromatic carbocycles. The third-order valence-electron chi connectivity index (χ3n) is 4.57. The molecule has 0 unspecified atom stereocenters. The first-order valence-corrected chi connectivity index (χ1v) is 9.97. The van der Waals surface area contributed by atoms with Gasteiger partial charge in [0.1, 0.15) is 24.5 Å². The van der Waals surface area contributed by atoms with Crippen molar-refractivity contribution in [3.05, 3.63) is 64.1 Å². The zero-order chi connectivity index (χ0) is 20.4. The summed E-state index contributed by atoms with van der Waals surface area (Å²) in [6, 6.07) is 11.2. The largest absolute Gasteiger partial charge is 0.508 e. The molecule has 7 heteroatoms. The predicted molar refractivity (Wildman–Crippen MR) is 116 cm³/mol. The van der Waals surface area contributed by atoms with Crippen LogP contribution in [0.2, 0.25) is 0 Å². The molecule has 0 spiro atoms. The smallest absolute Gasteiger partial charge is 0.163 e. The van der Waals surface area contributed by atoms with E-state index in [-0.39, 0.29) is 5.75 Å². The molecule has 0 radical (unpaired) electrons. The molecule has 0 atom stereocenters. The van der Waals surface area contributed by atoms with Crippen LogP contribution in [0.15, 0.2) is 48.1 Å². The summed E-state index contributed by atoms with van der Waals surface area (Å²) >= 11 is 1.70. The number of benzene rings is 2. The average molecular weight is 407 g/mol. The Morgan fingerprint density at radius 3 is 2.66 bits per heavy atom. The van der Waals surface area contributed by atoms with Gasteiger partial charge in [-0.3, -0.25) is 0 Å². The van der Waals surface area contributed by atoms with Crippen molar-refractivity contribution < 1.29 is 14.6 Å². The molecule has 148 valence electrons. The molecule has 0 fully saturated rings. The van der Waals surface area contributed by atoms with Crippen LogP contribution in [0.3, 0.4) is 0 Å². The van der Waals surface area contributed by atoms with Gasteiger partial charge in [-0.2, -0.15) is 0 Å². The number of aryl methyl sites for hydroxylation is 2. The normalized spacial score (nSPS) is 10.9. The van der Waals surface area contributed by atoms with Gasteiger partial charge >= 0.3 is 0 Å². The van der Waals surface area contributed by atoms with E-state index in [0.29, 0.717) is 23.9 Å². The zero-order valence-electron chi connectivity index (χ0n) is 16.4. The van der Waals surface area contributed by atoms with Gasteiger partial charge in [0.05, 0.1) is 12.6 Å². The summed E-state index contributed by atoms with van der Waals surface area (Å²) in [5.74, 6) is 2.08. The van der Waals surface area contributed by atoms with Gasteiger partial charge in [-0.05, 0) is 43.0 Å². The molecule has 0 aliphatic heterocycles. The number of hydrogen-bond donors (Lipinski definition) is 2. The third-order valence-corrected chi connectivity index (χ3v) is 5.48. The van der Waals surface area contributed by atoms with Gasteiger partial charge in [-0.1, -0.05) is 6.07 Å². The molecular formula is C22H21N3O3S. The molecule has 4 rings (SSSR count). The fraction of sp³-hybridized carbons (Fsp3) is 0.182. The van der Waals surface area contributed by atoms with Crippen molar-refractivity contribution in [1.29, 1.82) is 0 Å². The molecule has 2 aromatic heterocycles. The number of phenols is 1. The maximum atomic E-state index is 9.96. The second-order valence-electron chi connectivity index (χ2n) is 6.72.